The molecule has 8 heteroatoms. The molecule has 25 heavy (non-hydrogen) atoms. The highest BCUT2D eigenvalue weighted by atomic mass is 32.2. The summed E-state index contributed by atoms with van der Waals surface area (Å²) in [5.41, 5.74) is 1.91. The molecular formula is C17H19N3O4S. The van der Waals surface area contributed by atoms with Gasteiger partial charge in [-0.25, -0.2) is 13.1 Å². The van der Waals surface area contributed by atoms with Crippen molar-refractivity contribution in [3.05, 3.63) is 54.1 Å². The highest BCUT2D eigenvalue weighted by molar-refractivity contribution is 7.89. The average Bonchev–Trinajstić information content (AvgIpc) is 2.54. The maximum Gasteiger partial charge on any atom is 0.241 e. The average molecular weight is 361 g/mol. The fourth-order valence-corrected chi connectivity index (χ4v) is 3.16. The van der Waals surface area contributed by atoms with Crippen molar-refractivity contribution in [2.75, 3.05) is 17.2 Å². The van der Waals surface area contributed by atoms with Gasteiger partial charge in [-0.2, -0.15) is 0 Å². The van der Waals surface area contributed by atoms with Gasteiger partial charge in [-0.05, 0) is 48.9 Å². The van der Waals surface area contributed by atoms with Crippen molar-refractivity contribution < 1.29 is 18.0 Å². The van der Waals surface area contributed by atoms with Crippen LogP contribution in [0.4, 0.5) is 11.4 Å². The third-order valence-corrected chi connectivity index (χ3v) is 4.61. The predicted molar refractivity (Wildman–Crippen MR) is 95.7 cm³/mol. The topological polar surface area (TPSA) is 104 Å². The summed E-state index contributed by atoms with van der Waals surface area (Å²) >= 11 is 0. The first-order valence-corrected chi connectivity index (χ1v) is 8.98. The molecule has 2 rings (SSSR count). The molecule has 0 radical (unpaired) electrons. The molecule has 0 aliphatic heterocycles. The molecule has 0 unspecified atom stereocenters. The van der Waals surface area contributed by atoms with Crippen LogP contribution in [-0.2, 0) is 19.6 Å². The first-order valence-electron chi connectivity index (χ1n) is 7.50. The molecule has 0 aliphatic carbocycles. The Bertz CT molecular complexity index is 877. The van der Waals surface area contributed by atoms with Gasteiger partial charge in [-0.1, -0.05) is 12.1 Å². The van der Waals surface area contributed by atoms with Crippen LogP contribution in [0.5, 0.6) is 0 Å². The van der Waals surface area contributed by atoms with Gasteiger partial charge in [-0.3, -0.25) is 9.59 Å². The van der Waals surface area contributed by atoms with Crippen LogP contribution < -0.4 is 15.4 Å². The Morgan fingerprint density at radius 1 is 0.960 bits per heavy atom. The molecule has 0 atom stereocenters. The van der Waals surface area contributed by atoms with Crippen LogP contribution in [0.2, 0.25) is 0 Å². The lowest BCUT2D eigenvalue weighted by Crippen LogP contribution is -2.32. The smallest absolute Gasteiger partial charge is 0.241 e. The quantitative estimate of drug-likeness (QED) is 0.730. The summed E-state index contributed by atoms with van der Waals surface area (Å²) in [4.78, 5) is 23.0. The summed E-state index contributed by atoms with van der Waals surface area (Å²) < 4.78 is 26.6. The Labute approximate surface area is 146 Å². The van der Waals surface area contributed by atoms with Gasteiger partial charge in [0.25, 0.3) is 0 Å². The lowest BCUT2D eigenvalue weighted by molar-refractivity contribution is -0.115. The Hall–Kier alpha value is -2.71. The zero-order valence-electron chi connectivity index (χ0n) is 13.9. The normalized spacial score (nSPS) is 11.0. The molecule has 2 aromatic rings. The van der Waals surface area contributed by atoms with Gasteiger partial charge in [-0.15, -0.1) is 0 Å². The van der Waals surface area contributed by atoms with E-state index in [0.717, 1.165) is 5.56 Å². The minimum Gasteiger partial charge on any atom is -0.326 e. The van der Waals surface area contributed by atoms with Gasteiger partial charge in [0.2, 0.25) is 21.8 Å². The molecule has 7 nitrogen and oxygen atoms in total. The van der Waals surface area contributed by atoms with Crippen molar-refractivity contribution in [2.24, 2.45) is 0 Å². The highest BCUT2D eigenvalue weighted by Crippen LogP contribution is 2.14. The zero-order valence-corrected chi connectivity index (χ0v) is 14.7. The molecular weight excluding hydrogens is 342 g/mol. The van der Waals surface area contributed by atoms with Gasteiger partial charge in [0.15, 0.2) is 0 Å². The standard InChI is InChI=1S/C17H19N3O4S/c1-12-4-3-5-16(10-12)25(23,24)18-11-17(22)20-15-8-6-14(7-9-15)19-13(2)21/h3-10,18H,11H2,1-2H3,(H,19,21)(H,20,22). The van der Waals surface area contributed by atoms with E-state index in [1.165, 1.54) is 19.1 Å². The van der Waals surface area contributed by atoms with E-state index >= 15 is 0 Å². The van der Waals surface area contributed by atoms with Gasteiger partial charge < -0.3 is 10.6 Å². The van der Waals surface area contributed by atoms with E-state index in [0.29, 0.717) is 11.4 Å². The molecule has 0 bridgehead atoms. The van der Waals surface area contributed by atoms with Crippen LogP contribution in [0.1, 0.15) is 12.5 Å². The maximum atomic E-state index is 12.2. The minimum atomic E-state index is -3.75. The molecule has 0 saturated heterocycles. The second kappa shape index (κ2) is 7.91. The fraction of sp³-hybridized carbons (Fsp3) is 0.176. The molecule has 0 heterocycles. The lowest BCUT2D eigenvalue weighted by atomic mass is 10.2. The fourth-order valence-electron chi connectivity index (χ4n) is 2.07. The van der Waals surface area contributed by atoms with Gasteiger partial charge in [0.1, 0.15) is 0 Å². The summed E-state index contributed by atoms with van der Waals surface area (Å²) in [5, 5.41) is 5.19. The van der Waals surface area contributed by atoms with E-state index in [4.69, 9.17) is 0 Å². The van der Waals surface area contributed by atoms with E-state index in [1.807, 2.05) is 0 Å². The number of carbonyl (C=O) groups excluding carboxylic acids is 2. The van der Waals surface area contributed by atoms with E-state index in [9.17, 15) is 18.0 Å². The number of sulfonamides is 1. The zero-order chi connectivity index (χ0) is 18.4. The Kier molecular flexibility index (Phi) is 5.89. The number of hydrogen-bond acceptors (Lipinski definition) is 4. The van der Waals surface area contributed by atoms with Crippen molar-refractivity contribution in [3.63, 3.8) is 0 Å². The Morgan fingerprint density at radius 2 is 1.56 bits per heavy atom. The lowest BCUT2D eigenvalue weighted by Gasteiger charge is -2.09. The number of amides is 2. The molecule has 2 amide bonds. The van der Waals surface area contributed by atoms with Crippen LogP contribution in [0.25, 0.3) is 0 Å². The van der Waals surface area contributed by atoms with E-state index < -0.39 is 15.9 Å². The summed E-state index contributed by atoms with van der Waals surface area (Å²) in [6, 6.07) is 12.9. The van der Waals surface area contributed by atoms with E-state index in [-0.39, 0.29) is 17.3 Å². The SMILES string of the molecule is CC(=O)Nc1ccc(NC(=O)CNS(=O)(=O)c2cccc(C)c2)cc1. The molecule has 0 fully saturated rings. The number of nitrogens with one attached hydrogen (secondary N) is 3. The largest absolute Gasteiger partial charge is 0.326 e. The second-order valence-electron chi connectivity index (χ2n) is 5.45. The van der Waals surface area contributed by atoms with Crippen LogP contribution in [0.3, 0.4) is 0 Å². The Balaban J connectivity index is 1.93. The molecule has 0 spiro atoms. The third-order valence-electron chi connectivity index (χ3n) is 3.21. The van der Waals surface area contributed by atoms with Crippen molar-refractivity contribution in [1.29, 1.82) is 0 Å². The van der Waals surface area contributed by atoms with Crippen LogP contribution in [0, 0.1) is 6.92 Å². The minimum absolute atomic E-state index is 0.111. The van der Waals surface area contributed by atoms with Gasteiger partial charge in [0, 0.05) is 18.3 Å². The summed E-state index contributed by atoms with van der Waals surface area (Å²) in [6.07, 6.45) is 0. The van der Waals surface area contributed by atoms with Gasteiger partial charge >= 0.3 is 0 Å². The number of aryl methyl sites for hydroxylation is 1. The van der Waals surface area contributed by atoms with Gasteiger partial charge in [0.05, 0.1) is 11.4 Å². The number of rotatable bonds is 6. The number of benzene rings is 2. The molecule has 0 aromatic heterocycles. The first-order chi connectivity index (χ1) is 11.8. The summed E-state index contributed by atoms with van der Waals surface area (Å²) in [7, 11) is -3.75. The van der Waals surface area contributed by atoms with Crippen molar-refractivity contribution in [2.45, 2.75) is 18.7 Å². The van der Waals surface area contributed by atoms with Crippen LogP contribution >= 0.6 is 0 Å². The molecule has 0 aliphatic rings. The summed E-state index contributed by atoms with van der Waals surface area (Å²) in [6.45, 7) is 2.80. The monoisotopic (exact) mass is 361 g/mol. The summed E-state index contributed by atoms with van der Waals surface area (Å²) in [5.74, 6) is -0.689. The highest BCUT2D eigenvalue weighted by Gasteiger charge is 2.15. The third kappa shape index (κ3) is 5.70. The van der Waals surface area contributed by atoms with Crippen molar-refractivity contribution in [1.82, 2.24) is 4.72 Å². The van der Waals surface area contributed by atoms with E-state index in [2.05, 4.69) is 15.4 Å². The number of anilines is 2. The maximum absolute atomic E-state index is 12.2. The second-order valence-corrected chi connectivity index (χ2v) is 7.21. The van der Waals surface area contributed by atoms with Crippen LogP contribution in [-0.4, -0.2) is 26.8 Å². The van der Waals surface area contributed by atoms with E-state index in [1.54, 1.807) is 43.3 Å². The Morgan fingerprint density at radius 3 is 2.12 bits per heavy atom. The number of hydrogen-bond donors (Lipinski definition) is 3. The van der Waals surface area contributed by atoms with Crippen LogP contribution in [0.15, 0.2) is 53.4 Å². The molecule has 3 N–H and O–H groups in total. The predicted octanol–water partition coefficient (Wildman–Crippen LogP) is 1.87. The molecule has 0 saturated carbocycles. The molecule has 2 aromatic carbocycles. The molecule has 132 valence electrons. The number of carbonyl (C=O) groups is 2. The van der Waals surface area contributed by atoms with Crippen molar-refractivity contribution in [3.8, 4) is 0 Å². The van der Waals surface area contributed by atoms with Crippen molar-refractivity contribution >= 4 is 33.2 Å². The first kappa shape index (κ1) is 18.6.